The van der Waals surface area contributed by atoms with Crippen LogP contribution in [-0.2, 0) is 9.47 Å². The van der Waals surface area contributed by atoms with Gasteiger partial charge < -0.3 is 9.47 Å². The molecule has 5 heteroatoms. The van der Waals surface area contributed by atoms with Gasteiger partial charge in [0.05, 0.1) is 6.61 Å². The molecule has 18 heavy (non-hydrogen) atoms. The molecule has 0 rings (SSSR count). The molecule has 0 aromatic carbocycles. The third kappa shape index (κ3) is 8.69. The van der Waals surface area contributed by atoms with Gasteiger partial charge in [-0.25, -0.2) is 5.01 Å². The standard InChI is InChI=1S/C13H30N2O2Si/c1-13(8-9-16-4)15(14(2)3)12-17-10-11-18(5,6)7/h8H,9-12H2,1-7H3/b13-8+. The number of allylic oxidation sites excluding steroid dienone is 1. The highest BCUT2D eigenvalue weighted by Crippen LogP contribution is 2.09. The van der Waals surface area contributed by atoms with Gasteiger partial charge in [0.2, 0.25) is 0 Å². The second-order valence-corrected chi connectivity index (χ2v) is 11.5. The first-order chi connectivity index (χ1) is 8.28. The topological polar surface area (TPSA) is 24.9 Å². The summed E-state index contributed by atoms with van der Waals surface area (Å²) < 4.78 is 10.8. The van der Waals surface area contributed by atoms with Gasteiger partial charge in [-0.2, -0.15) is 0 Å². The molecule has 0 unspecified atom stereocenters. The molecule has 0 amide bonds. The molecule has 108 valence electrons. The first-order valence-corrected chi connectivity index (χ1v) is 10.2. The summed E-state index contributed by atoms with van der Waals surface area (Å²) in [6.45, 7) is 11.2. The summed E-state index contributed by atoms with van der Waals surface area (Å²) in [4.78, 5) is 0. The van der Waals surface area contributed by atoms with Crippen molar-refractivity contribution < 1.29 is 9.47 Å². The van der Waals surface area contributed by atoms with E-state index in [-0.39, 0.29) is 0 Å². The molecule has 0 saturated heterocycles. The van der Waals surface area contributed by atoms with Crippen LogP contribution < -0.4 is 0 Å². The van der Waals surface area contributed by atoms with Crippen LogP contribution in [-0.4, -0.2) is 59.2 Å². The van der Waals surface area contributed by atoms with Gasteiger partial charge in [0.15, 0.2) is 0 Å². The zero-order valence-electron chi connectivity index (χ0n) is 13.1. The lowest BCUT2D eigenvalue weighted by Crippen LogP contribution is -2.37. The molecule has 0 aliphatic carbocycles. The number of hydrogen-bond acceptors (Lipinski definition) is 4. The van der Waals surface area contributed by atoms with Gasteiger partial charge in [-0.15, -0.1) is 0 Å². The highest BCUT2D eigenvalue weighted by atomic mass is 28.3. The Balaban J connectivity index is 4.13. The molecule has 0 heterocycles. The monoisotopic (exact) mass is 274 g/mol. The Morgan fingerprint density at radius 2 is 1.83 bits per heavy atom. The maximum atomic E-state index is 5.77. The molecule has 0 radical (unpaired) electrons. The van der Waals surface area contributed by atoms with E-state index >= 15 is 0 Å². The van der Waals surface area contributed by atoms with E-state index in [1.807, 2.05) is 19.1 Å². The summed E-state index contributed by atoms with van der Waals surface area (Å²) in [5, 5.41) is 4.14. The van der Waals surface area contributed by atoms with Gasteiger partial charge in [-0.1, -0.05) is 19.6 Å². The number of methoxy groups -OCH3 is 1. The van der Waals surface area contributed by atoms with Crippen molar-refractivity contribution in [2.75, 3.05) is 41.1 Å². The summed E-state index contributed by atoms with van der Waals surface area (Å²) in [5.41, 5.74) is 1.15. The van der Waals surface area contributed by atoms with Crippen LogP contribution in [0.3, 0.4) is 0 Å². The quantitative estimate of drug-likeness (QED) is 0.279. The molecule has 0 aromatic heterocycles. The molecule has 0 aliphatic heterocycles. The van der Waals surface area contributed by atoms with Crippen LogP contribution in [0.4, 0.5) is 0 Å². The Kier molecular flexibility index (Phi) is 8.51. The molecule has 0 aliphatic rings. The summed E-state index contributed by atoms with van der Waals surface area (Å²) >= 11 is 0. The molecule has 0 saturated carbocycles. The number of nitrogens with zero attached hydrogens (tertiary/aromatic N) is 2. The Labute approximate surface area is 114 Å². The molecular weight excluding hydrogens is 244 g/mol. The van der Waals surface area contributed by atoms with Crippen molar-refractivity contribution in [3.8, 4) is 0 Å². The van der Waals surface area contributed by atoms with Crippen molar-refractivity contribution in [3.05, 3.63) is 11.8 Å². The molecule has 0 fully saturated rings. The fourth-order valence-corrected chi connectivity index (χ4v) is 2.13. The second-order valence-electron chi connectivity index (χ2n) is 5.90. The Morgan fingerprint density at radius 3 is 2.28 bits per heavy atom. The van der Waals surface area contributed by atoms with Crippen LogP contribution >= 0.6 is 0 Å². The Bertz CT molecular complexity index is 250. The van der Waals surface area contributed by atoms with E-state index < -0.39 is 8.07 Å². The van der Waals surface area contributed by atoms with Crippen molar-refractivity contribution in [1.82, 2.24) is 10.0 Å². The van der Waals surface area contributed by atoms with Crippen molar-refractivity contribution in [2.24, 2.45) is 0 Å². The zero-order valence-corrected chi connectivity index (χ0v) is 14.1. The molecular formula is C13H30N2O2Si. The van der Waals surface area contributed by atoms with Gasteiger partial charge in [0, 0.05) is 41.6 Å². The van der Waals surface area contributed by atoms with Crippen LogP contribution in [0.15, 0.2) is 11.8 Å². The van der Waals surface area contributed by atoms with Crippen molar-refractivity contribution in [1.29, 1.82) is 0 Å². The highest BCUT2D eigenvalue weighted by molar-refractivity contribution is 6.76. The van der Waals surface area contributed by atoms with Gasteiger partial charge >= 0.3 is 0 Å². The van der Waals surface area contributed by atoms with Gasteiger partial charge in [-0.3, -0.25) is 5.01 Å². The largest absolute Gasteiger partial charge is 0.381 e. The first kappa shape index (κ1) is 17.6. The average molecular weight is 274 g/mol. The van der Waals surface area contributed by atoms with Crippen LogP contribution in [0.1, 0.15) is 6.92 Å². The summed E-state index contributed by atoms with van der Waals surface area (Å²) in [7, 11) is 4.75. The average Bonchev–Trinajstić information content (AvgIpc) is 2.23. The van der Waals surface area contributed by atoms with Crippen LogP contribution in [0.25, 0.3) is 0 Å². The van der Waals surface area contributed by atoms with Crippen molar-refractivity contribution in [3.63, 3.8) is 0 Å². The van der Waals surface area contributed by atoms with Gasteiger partial charge in [-0.05, 0) is 19.0 Å². The van der Waals surface area contributed by atoms with Crippen molar-refractivity contribution >= 4 is 8.07 Å². The molecule has 4 nitrogen and oxygen atoms in total. The van der Waals surface area contributed by atoms with Crippen LogP contribution in [0, 0.1) is 0 Å². The van der Waals surface area contributed by atoms with E-state index in [0.29, 0.717) is 13.3 Å². The number of hydrazine groups is 1. The Morgan fingerprint density at radius 1 is 1.22 bits per heavy atom. The summed E-state index contributed by atoms with van der Waals surface area (Å²) in [6, 6.07) is 1.20. The second kappa shape index (κ2) is 8.69. The lowest BCUT2D eigenvalue weighted by atomic mass is 10.4. The van der Waals surface area contributed by atoms with E-state index in [4.69, 9.17) is 9.47 Å². The zero-order chi connectivity index (χ0) is 14.2. The molecule has 0 aromatic rings. The SMILES string of the molecule is COC/C=C(\C)N(COCC[Si](C)(C)C)N(C)C. The van der Waals surface area contributed by atoms with E-state index in [2.05, 4.69) is 37.6 Å². The fraction of sp³-hybridized carbons (Fsp3) is 0.846. The predicted octanol–water partition coefficient (Wildman–Crippen LogP) is 2.63. The first-order valence-electron chi connectivity index (χ1n) is 6.46. The number of ether oxygens (including phenoxy) is 2. The third-order valence-corrected chi connectivity index (χ3v) is 4.35. The normalized spacial score (nSPS) is 13.2. The molecule has 0 atom stereocenters. The lowest BCUT2D eigenvalue weighted by Gasteiger charge is -2.31. The maximum Gasteiger partial charge on any atom is 0.133 e. The Hall–Kier alpha value is -0.363. The minimum atomic E-state index is -0.996. The maximum absolute atomic E-state index is 5.77. The van der Waals surface area contributed by atoms with Crippen molar-refractivity contribution in [2.45, 2.75) is 32.6 Å². The summed E-state index contributed by atoms with van der Waals surface area (Å²) in [6.07, 6.45) is 2.06. The lowest BCUT2D eigenvalue weighted by molar-refractivity contribution is -0.0496. The van der Waals surface area contributed by atoms with E-state index in [1.165, 1.54) is 6.04 Å². The number of rotatable bonds is 9. The minimum Gasteiger partial charge on any atom is -0.381 e. The van der Waals surface area contributed by atoms with Gasteiger partial charge in [0.1, 0.15) is 6.73 Å². The number of hydrogen-bond donors (Lipinski definition) is 0. The smallest absolute Gasteiger partial charge is 0.133 e. The predicted molar refractivity (Wildman–Crippen MR) is 80.1 cm³/mol. The summed E-state index contributed by atoms with van der Waals surface area (Å²) in [5.74, 6) is 0. The third-order valence-electron chi connectivity index (χ3n) is 2.65. The molecule has 0 N–H and O–H groups in total. The van der Waals surface area contributed by atoms with E-state index in [0.717, 1.165) is 12.3 Å². The highest BCUT2D eigenvalue weighted by Gasteiger charge is 2.13. The molecule has 0 spiro atoms. The van der Waals surface area contributed by atoms with Crippen LogP contribution in [0.2, 0.25) is 25.7 Å². The minimum absolute atomic E-state index is 0.601. The van der Waals surface area contributed by atoms with Gasteiger partial charge in [0.25, 0.3) is 0 Å². The molecule has 0 bridgehead atoms. The van der Waals surface area contributed by atoms with Crippen LogP contribution in [0.5, 0.6) is 0 Å². The van der Waals surface area contributed by atoms with E-state index in [9.17, 15) is 0 Å². The fourth-order valence-electron chi connectivity index (χ4n) is 1.37. The van der Waals surface area contributed by atoms with E-state index in [1.54, 1.807) is 7.11 Å².